The van der Waals surface area contributed by atoms with E-state index in [9.17, 15) is 43.5 Å². The highest BCUT2D eigenvalue weighted by Gasteiger charge is 2.35. The molecule has 1 unspecified atom stereocenters. The van der Waals surface area contributed by atoms with Crippen molar-refractivity contribution in [1.29, 1.82) is 0 Å². The number of carbonyl (C=O) groups is 8. The van der Waals surface area contributed by atoms with Crippen molar-refractivity contribution in [3.63, 3.8) is 0 Å². The van der Waals surface area contributed by atoms with Crippen LogP contribution in [0, 0.1) is 5.92 Å². The van der Waals surface area contributed by atoms with Gasteiger partial charge in [0.25, 0.3) is 0 Å². The molecule has 1 aliphatic heterocycles. The summed E-state index contributed by atoms with van der Waals surface area (Å²) in [6.45, 7) is 4.05. The van der Waals surface area contributed by atoms with Gasteiger partial charge in [0.05, 0.1) is 18.7 Å². The number of aromatic amines is 1. The fourth-order valence-corrected chi connectivity index (χ4v) is 5.90. The van der Waals surface area contributed by atoms with Crippen LogP contribution in [0.25, 0.3) is 10.9 Å². The van der Waals surface area contributed by atoms with Crippen LogP contribution in [0.2, 0.25) is 0 Å². The molecule has 1 aromatic heterocycles. The van der Waals surface area contributed by atoms with E-state index in [1.165, 1.54) is 14.0 Å². The molecule has 0 bridgehead atoms. The zero-order chi connectivity index (χ0) is 36.4. The lowest BCUT2D eigenvalue weighted by Gasteiger charge is -2.31. The Morgan fingerprint density at radius 1 is 1.00 bits per heavy atom. The summed E-state index contributed by atoms with van der Waals surface area (Å²) < 4.78 is 0. The Kier molecular flexibility index (Phi) is 13.5. The molecule has 17 nitrogen and oxygen atoms in total. The van der Waals surface area contributed by atoms with Crippen molar-refractivity contribution >= 4 is 70.0 Å². The van der Waals surface area contributed by atoms with Crippen LogP contribution < -0.4 is 32.3 Å². The molecular weight excluding hydrogens is 660 g/mol. The molecule has 49 heavy (non-hydrogen) atoms. The maximum absolute atomic E-state index is 13.9. The van der Waals surface area contributed by atoms with Gasteiger partial charge in [-0.3, -0.25) is 38.4 Å². The fraction of sp³-hybridized carbons (Fsp3) is 0.484. The number of benzene rings is 1. The maximum Gasteiger partial charge on any atom is 0.305 e. The molecule has 2 heterocycles. The smallest absolute Gasteiger partial charge is 0.305 e. The second-order valence-electron chi connectivity index (χ2n) is 12.0. The largest absolute Gasteiger partial charge is 0.481 e. The second-order valence-corrected chi connectivity index (χ2v) is 13.0. The minimum atomic E-state index is -1.64. The van der Waals surface area contributed by atoms with Crippen LogP contribution in [-0.2, 0) is 44.8 Å². The third-order valence-corrected chi connectivity index (χ3v) is 8.92. The molecule has 0 spiro atoms. The van der Waals surface area contributed by atoms with Gasteiger partial charge in [0, 0.05) is 36.3 Å². The van der Waals surface area contributed by atoms with Gasteiger partial charge in [-0.25, -0.2) is 0 Å². The average molecular weight is 703 g/mol. The normalized spacial score (nSPS) is 23.5. The molecule has 2 aromatic rings. The number of carbonyl (C=O) groups excluding carboxylic acids is 7. The molecule has 0 radical (unpaired) electrons. The number of amides is 7. The van der Waals surface area contributed by atoms with Crippen molar-refractivity contribution in [3.05, 3.63) is 36.0 Å². The van der Waals surface area contributed by atoms with Gasteiger partial charge in [0.15, 0.2) is 0 Å². The third kappa shape index (κ3) is 10.7. The summed E-state index contributed by atoms with van der Waals surface area (Å²) in [7, 11) is 1.34. The van der Waals surface area contributed by atoms with Crippen molar-refractivity contribution in [3.8, 4) is 0 Å². The summed E-state index contributed by atoms with van der Waals surface area (Å²) in [6, 6.07) is 0.749. The molecule has 1 aromatic carbocycles. The highest BCUT2D eigenvalue weighted by Crippen LogP contribution is 2.20. The summed E-state index contributed by atoms with van der Waals surface area (Å²) in [4.78, 5) is 107. The predicted octanol–water partition coefficient (Wildman–Crippen LogP) is -2.02. The number of fused-ring (bicyclic) bond motifs is 1. The molecule has 7 amide bonds. The lowest BCUT2D eigenvalue weighted by atomic mass is 10.0. The van der Waals surface area contributed by atoms with Crippen LogP contribution in [0.3, 0.4) is 0 Å². The van der Waals surface area contributed by atoms with Gasteiger partial charge in [0.1, 0.15) is 30.2 Å². The minimum absolute atomic E-state index is 0.0345. The number of H-pyrrole nitrogens is 1. The fourth-order valence-electron chi connectivity index (χ4n) is 5.05. The molecule has 0 saturated carbocycles. The van der Waals surface area contributed by atoms with E-state index in [1.807, 2.05) is 24.3 Å². The molecular formula is C31H42N8O9S. The highest BCUT2D eigenvalue weighted by molar-refractivity contribution is 8.00. The molecule has 0 aliphatic carbocycles. The first kappa shape index (κ1) is 38.3. The third-order valence-electron chi connectivity index (χ3n) is 7.89. The summed E-state index contributed by atoms with van der Waals surface area (Å²) in [5, 5.41) is 22.7. The summed E-state index contributed by atoms with van der Waals surface area (Å²) in [5.74, 6) is -7.89. The number of rotatable bonds is 8. The summed E-state index contributed by atoms with van der Waals surface area (Å²) >= 11 is 0.959. The van der Waals surface area contributed by atoms with Gasteiger partial charge in [-0.15, -0.1) is 11.8 Å². The molecule has 3 rings (SSSR count). The minimum Gasteiger partial charge on any atom is -0.481 e. The number of thioether (sulfide) groups is 1. The van der Waals surface area contributed by atoms with Crippen molar-refractivity contribution in [2.24, 2.45) is 11.7 Å². The van der Waals surface area contributed by atoms with E-state index < -0.39 is 96.4 Å². The van der Waals surface area contributed by atoms with E-state index in [1.54, 1.807) is 20.0 Å². The van der Waals surface area contributed by atoms with E-state index in [-0.39, 0.29) is 17.9 Å². The van der Waals surface area contributed by atoms with Crippen molar-refractivity contribution in [2.45, 2.75) is 63.8 Å². The highest BCUT2D eigenvalue weighted by atomic mass is 32.2. The molecule has 5 atom stereocenters. The van der Waals surface area contributed by atoms with Gasteiger partial charge in [-0.2, -0.15) is 0 Å². The Hall–Kier alpha value is -5.13. The zero-order valence-corrected chi connectivity index (χ0v) is 28.3. The number of primary amides is 1. The molecule has 1 fully saturated rings. The van der Waals surface area contributed by atoms with E-state index in [0.717, 1.165) is 27.6 Å². The second kappa shape index (κ2) is 17.3. The zero-order valence-electron chi connectivity index (χ0n) is 27.5. The number of hydrogen-bond donors (Lipinski definition) is 8. The predicted molar refractivity (Wildman–Crippen MR) is 179 cm³/mol. The van der Waals surface area contributed by atoms with Gasteiger partial charge in [-0.05, 0) is 24.5 Å². The van der Waals surface area contributed by atoms with Crippen LogP contribution >= 0.6 is 11.8 Å². The van der Waals surface area contributed by atoms with E-state index >= 15 is 0 Å². The summed E-state index contributed by atoms with van der Waals surface area (Å²) in [6.07, 6.45) is 0.896. The van der Waals surface area contributed by atoms with Gasteiger partial charge < -0.3 is 47.3 Å². The van der Waals surface area contributed by atoms with Crippen molar-refractivity contribution in [2.75, 3.05) is 25.1 Å². The van der Waals surface area contributed by atoms with Crippen molar-refractivity contribution < 1.29 is 43.5 Å². The standard InChI is InChI=1S/C31H42N8O9S/c1-15(2)26-30(47)37-22(28(45)34-12-23(32)40)13-49-14-24(41)35-21(9-17-11-33-19-8-6-5-7-18(17)19)31(48)39(4)16(3)27(44)36-20(10-25(42)43)29(46)38-26/h5-8,11,15-16,20-22,26,33H,9-10,12-14H2,1-4H3,(H2,32,40)(H,34,45)(H,35,41)(H,36,44)(H,37,47)(H,38,46)(H,42,43)/t16-,20+,21-,22-,26?/m0/s1. The first-order chi connectivity index (χ1) is 23.1. The Labute approximate surface area is 286 Å². The van der Waals surface area contributed by atoms with E-state index in [2.05, 4.69) is 31.6 Å². The Balaban J connectivity index is 1.99. The van der Waals surface area contributed by atoms with E-state index in [4.69, 9.17) is 5.73 Å². The first-order valence-corrected chi connectivity index (χ1v) is 16.6. The van der Waals surface area contributed by atoms with Gasteiger partial charge >= 0.3 is 5.97 Å². The van der Waals surface area contributed by atoms with E-state index in [0.29, 0.717) is 5.56 Å². The van der Waals surface area contributed by atoms with Crippen LogP contribution in [-0.4, -0.2) is 118 Å². The van der Waals surface area contributed by atoms with Crippen LogP contribution in [0.1, 0.15) is 32.8 Å². The maximum atomic E-state index is 13.9. The monoisotopic (exact) mass is 702 g/mol. The number of aromatic nitrogens is 1. The van der Waals surface area contributed by atoms with Crippen LogP contribution in [0.5, 0.6) is 0 Å². The van der Waals surface area contributed by atoms with Crippen LogP contribution in [0.15, 0.2) is 30.5 Å². The molecule has 266 valence electrons. The van der Waals surface area contributed by atoms with Gasteiger partial charge in [0.2, 0.25) is 41.4 Å². The Morgan fingerprint density at radius 3 is 2.35 bits per heavy atom. The molecule has 1 saturated heterocycles. The number of carboxylic acid groups (broad SMARTS) is 1. The number of likely N-dealkylation sites (N-methyl/N-ethyl adjacent to an activating group) is 1. The number of hydrogen-bond acceptors (Lipinski definition) is 9. The average Bonchev–Trinajstić information content (AvgIpc) is 3.45. The molecule has 9 N–H and O–H groups in total. The number of aliphatic carboxylic acids is 1. The lowest BCUT2D eigenvalue weighted by Crippen LogP contribution is -2.60. The quantitative estimate of drug-likeness (QED) is 0.150. The van der Waals surface area contributed by atoms with Crippen LogP contribution in [0.4, 0.5) is 0 Å². The number of para-hydroxylation sites is 1. The SMILES string of the molecule is CC(C)C1NC(=O)[C@@H](CC(=O)O)NC(=O)[C@H](C)N(C)C(=O)[C@H](Cc2c[nH]c3ccccc23)NC(=O)CSC[C@@H](C(=O)NCC(N)=O)NC1=O. The summed E-state index contributed by atoms with van der Waals surface area (Å²) in [5.41, 5.74) is 6.66. The molecule has 1 aliphatic rings. The number of nitrogens with zero attached hydrogens (tertiary/aromatic N) is 1. The topological polar surface area (TPSA) is 262 Å². The Bertz CT molecular complexity index is 1600. The number of carboxylic acids is 1. The first-order valence-electron chi connectivity index (χ1n) is 15.5. The molecule has 18 heteroatoms. The number of nitrogens with two attached hydrogens (primary N) is 1. The Morgan fingerprint density at radius 2 is 1.69 bits per heavy atom. The lowest BCUT2D eigenvalue weighted by molar-refractivity contribution is -0.144. The number of nitrogens with one attached hydrogen (secondary N) is 6. The van der Waals surface area contributed by atoms with Gasteiger partial charge in [-0.1, -0.05) is 32.0 Å². The van der Waals surface area contributed by atoms with Crippen molar-refractivity contribution in [1.82, 2.24) is 36.5 Å².